The highest BCUT2D eigenvalue weighted by Crippen LogP contribution is 2.32. The molecule has 6 nitrogen and oxygen atoms in total. The maximum atomic E-state index is 12.9. The lowest BCUT2D eigenvalue weighted by molar-refractivity contribution is -0.120. The molecule has 146 valence electrons. The van der Waals surface area contributed by atoms with E-state index < -0.39 is 5.97 Å². The minimum Gasteiger partial charge on any atom is -0.462 e. The highest BCUT2D eigenvalue weighted by molar-refractivity contribution is 7.18. The van der Waals surface area contributed by atoms with Crippen LogP contribution in [0.25, 0.3) is 11.3 Å². The number of rotatable bonds is 7. The number of ether oxygens (including phenoxy) is 1. The van der Waals surface area contributed by atoms with Gasteiger partial charge in [0.05, 0.1) is 12.3 Å². The molecule has 7 heteroatoms. The van der Waals surface area contributed by atoms with Crippen LogP contribution in [-0.4, -0.2) is 28.0 Å². The van der Waals surface area contributed by atoms with E-state index in [-0.39, 0.29) is 24.5 Å². The Hall–Kier alpha value is -2.93. The summed E-state index contributed by atoms with van der Waals surface area (Å²) >= 11 is 1.13. The standard InChI is InChI=1S/C21H23N3O3S/c1-4-27-20(26)18-16(15-10-6-5-7-11-15)22-21(28-18)23-19(25)17(14(2)3)24-12-8-9-13-24/h5-14,17H,4H2,1-3H3,(H,22,23,25)/t17-/m1/s1. The van der Waals surface area contributed by atoms with Gasteiger partial charge >= 0.3 is 5.97 Å². The van der Waals surface area contributed by atoms with E-state index in [2.05, 4.69) is 10.3 Å². The quantitative estimate of drug-likeness (QED) is 0.590. The molecule has 3 rings (SSSR count). The zero-order chi connectivity index (χ0) is 20.1. The Balaban J connectivity index is 1.92. The molecule has 1 atom stereocenters. The maximum absolute atomic E-state index is 12.9. The van der Waals surface area contributed by atoms with Crippen molar-refractivity contribution in [3.8, 4) is 11.3 Å². The molecule has 28 heavy (non-hydrogen) atoms. The second kappa shape index (κ2) is 8.84. The molecule has 0 saturated carbocycles. The molecular weight excluding hydrogens is 374 g/mol. The number of hydrogen-bond donors (Lipinski definition) is 1. The van der Waals surface area contributed by atoms with Crippen molar-refractivity contribution in [1.29, 1.82) is 0 Å². The molecule has 2 aromatic heterocycles. The molecule has 0 fully saturated rings. The predicted molar refractivity (Wildman–Crippen MR) is 110 cm³/mol. The highest BCUT2D eigenvalue weighted by atomic mass is 32.1. The van der Waals surface area contributed by atoms with Crippen LogP contribution in [0.2, 0.25) is 0 Å². The largest absolute Gasteiger partial charge is 0.462 e. The van der Waals surface area contributed by atoms with Gasteiger partial charge in [-0.2, -0.15) is 0 Å². The topological polar surface area (TPSA) is 73.2 Å². The summed E-state index contributed by atoms with van der Waals surface area (Å²) in [5, 5.41) is 3.26. The summed E-state index contributed by atoms with van der Waals surface area (Å²) in [5.41, 5.74) is 1.31. The second-order valence-electron chi connectivity index (χ2n) is 6.59. The van der Waals surface area contributed by atoms with Gasteiger partial charge in [0.25, 0.3) is 0 Å². The van der Waals surface area contributed by atoms with Crippen molar-refractivity contribution in [2.45, 2.75) is 26.8 Å². The van der Waals surface area contributed by atoms with E-state index in [9.17, 15) is 9.59 Å². The zero-order valence-electron chi connectivity index (χ0n) is 16.1. The number of amides is 1. The van der Waals surface area contributed by atoms with Gasteiger partial charge in [0.15, 0.2) is 5.13 Å². The summed E-state index contributed by atoms with van der Waals surface area (Å²) in [6.07, 6.45) is 3.73. The zero-order valence-corrected chi connectivity index (χ0v) is 16.9. The molecule has 0 bridgehead atoms. The predicted octanol–water partition coefficient (Wildman–Crippen LogP) is 4.62. The Kier molecular flexibility index (Phi) is 6.26. The number of hydrogen-bond acceptors (Lipinski definition) is 5. The maximum Gasteiger partial charge on any atom is 0.350 e. The van der Waals surface area contributed by atoms with Crippen LogP contribution >= 0.6 is 11.3 Å². The Morgan fingerprint density at radius 1 is 1.14 bits per heavy atom. The third-order valence-corrected chi connectivity index (χ3v) is 5.17. The lowest BCUT2D eigenvalue weighted by atomic mass is 10.0. The molecule has 3 aromatic rings. The molecule has 1 N–H and O–H groups in total. The number of aromatic nitrogens is 2. The van der Waals surface area contributed by atoms with Crippen LogP contribution in [0.3, 0.4) is 0 Å². The molecule has 0 unspecified atom stereocenters. The molecular formula is C21H23N3O3S. The Labute approximate surface area is 168 Å². The first kappa shape index (κ1) is 19.8. The number of anilines is 1. The summed E-state index contributed by atoms with van der Waals surface area (Å²) < 4.78 is 7.04. The number of thiazole rings is 1. The van der Waals surface area contributed by atoms with Gasteiger partial charge in [0, 0.05) is 18.0 Å². The van der Waals surface area contributed by atoms with Crippen molar-refractivity contribution < 1.29 is 14.3 Å². The monoisotopic (exact) mass is 397 g/mol. The summed E-state index contributed by atoms with van der Waals surface area (Å²) in [7, 11) is 0. The molecule has 0 spiro atoms. The Bertz CT molecular complexity index is 933. The van der Waals surface area contributed by atoms with Crippen molar-refractivity contribution in [1.82, 2.24) is 9.55 Å². The van der Waals surface area contributed by atoms with Crippen LogP contribution in [0.5, 0.6) is 0 Å². The molecule has 0 aliphatic rings. The van der Waals surface area contributed by atoms with E-state index in [0.29, 0.717) is 15.7 Å². The third kappa shape index (κ3) is 4.31. The van der Waals surface area contributed by atoms with E-state index in [1.54, 1.807) is 6.92 Å². The molecule has 0 aliphatic carbocycles. The van der Waals surface area contributed by atoms with Crippen molar-refractivity contribution in [2.24, 2.45) is 5.92 Å². The van der Waals surface area contributed by atoms with Crippen LogP contribution in [0.4, 0.5) is 5.13 Å². The van der Waals surface area contributed by atoms with Gasteiger partial charge in [-0.15, -0.1) is 0 Å². The Morgan fingerprint density at radius 3 is 2.43 bits per heavy atom. The average molecular weight is 398 g/mol. The molecule has 0 aliphatic heterocycles. The number of benzene rings is 1. The fourth-order valence-electron chi connectivity index (χ4n) is 3.00. The number of nitrogens with zero attached hydrogens (tertiary/aromatic N) is 2. The van der Waals surface area contributed by atoms with Gasteiger partial charge in [-0.05, 0) is 25.0 Å². The minimum atomic E-state index is -0.440. The highest BCUT2D eigenvalue weighted by Gasteiger charge is 2.26. The van der Waals surface area contributed by atoms with Crippen LogP contribution < -0.4 is 5.32 Å². The summed E-state index contributed by atoms with van der Waals surface area (Å²) in [5.74, 6) is -0.523. The lowest BCUT2D eigenvalue weighted by Gasteiger charge is -2.21. The van der Waals surface area contributed by atoms with Gasteiger partial charge in [-0.1, -0.05) is 55.5 Å². The smallest absolute Gasteiger partial charge is 0.350 e. The molecule has 1 amide bonds. The van der Waals surface area contributed by atoms with Gasteiger partial charge in [-0.3, -0.25) is 4.79 Å². The molecule has 0 radical (unpaired) electrons. The number of esters is 1. The first-order valence-electron chi connectivity index (χ1n) is 9.18. The van der Waals surface area contributed by atoms with Crippen LogP contribution in [0, 0.1) is 5.92 Å². The van der Waals surface area contributed by atoms with E-state index in [4.69, 9.17) is 4.74 Å². The van der Waals surface area contributed by atoms with Crippen molar-refractivity contribution in [3.05, 3.63) is 59.7 Å². The minimum absolute atomic E-state index is 0.0884. The normalized spacial score (nSPS) is 12.0. The van der Waals surface area contributed by atoms with Crippen LogP contribution in [0.1, 0.15) is 36.5 Å². The summed E-state index contributed by atoms with van der Waals surface area (Å²) in [6.45, 7) is 6.01. The third-order valence-electron chi connectivity index (χ3n) is 4.21. The number of carbonyl (C=O) groups is 2. The fourth-order valence-corrected chi connectivity index (χ4v) is 3.88. The summed E-state index contributed by atoms with van der Waals surface area (Å²) in [6, 6.07) is 12.8. The molecule has 2 heterocycles. The van der Waals surface area contributed by atoms with Gasteiger partial charge in [0.2, 0.25) is 5.91 Å². The summed E-state index contributed by atoms with van der Waals surface area (Å²) in [4.78, 5) is 30.2. The van der Waals surface area contributed by atoms with Crippen LogP contribution in [0.15, 0.2) is 54.9 Å². The van der Waals surface area contributed by atoms with Crippen molar-refractivity contribution in [3.63, 3.8) is 0 Å². The first-order chi connectivity index (χ1) is 13.5. The molecule has 0 saturated heterocycles. The SMILES string of the molecule is CCOC(=O)c1sc(NC(=O)[C@@H](C(C)C)n2cccc2)nc1-c1ccccc1. The lowest BCUT2D eigenvalue weighted by Crippen LogP contribution is -2.29. The van der Waals surface area contributed by atoms with E-state index in [0.717, 1.165) is 16.9 Å². The average Bonchev–Trinajstić information content (AvgIpc) is 3.33. The Morgan fingerprint density at radius 2 is 1.82 bits per heavy atom. The van der Waals surface area contributed by atoms with Gasteiger partial charge in [0.1, 0.15) is 10.9 Å². The number of carbonyl (C=O) groups excluding carboxylic acids is 2. The van der Waals surface area contributed by atoms with Gasteiger partial charge in [-0.25, -0.2) is 9.78 Å². The first-order valence-corrected chi connectivity index (χ1v) is 9.99. The van der Waals surface area contributed by atoms with E-state index >= 15 is 0 Å². The van der Waals surface area contributed by atoms with Crippen molar-refractivity contribution in [2.75, 3.05) is 11.9 Å². The van der Waals surface area contributed by atoms with E-state index in [1.165, 1.54) is 0 Å². The van der Waals surface area contributed by atoms with Crippen LogP contribution in [-0.2, 0) is 9.53 Å². The number of nitrogens with one attached hydrogen (secondary N) is 1. The van der Waals surface area contributed by atoms with Crippen molar-refractivity contribution >= 4 is 28.3 Å². The fraction of sp³-hybridized carbons (Fsp3) is 0.286. The van der Waals surface area contributed by atoms with Gasteiger partial charge < -0.3 is 14.6 Å². The molecule has 1 aromatic carbocycles. The van der Waals surface area contributed by atoms with E-state index in [1.807, 2.05) is 73.3 Å². The second-order valence-corrected chi connectivity index (χ2v) is 7.59.